The average molecular weight is 258 g/mol. The number of amides is 1. The van der Waals surface area contributed by atoms with Gasteiger partial charge in [-0.15, -0.1) is 11.8 Å². The molecule has 0 radical (unpaired) electrons. The Morgan fingerprint density at radius 3 is 2.65 bits per heavy atom. The number of hydrogen-bond donors (Lipinski definition) is 2. The van der Waals surface area contributed by atoms with E-state index in [-0.39, 0.29) is 11.3 Å². The molecule has 1 aliphatic heterocycles. The Kier molecular flexibility index (Phi) is 3.63. The van der Waals surface area contributed by atoms with E-state index < -0.39 is 18.1 Å². The monoisotopic (exact) mass is 258 g/mol. The molecule has 2 rings (SSSR count). The average Bonchev–Trinajstić information content (AvgIpc) is 3.05. The van der Waals surface area contributed by atoms with Gasteiger partial charge in [-0.2, -0.15) is 0 Å². The summed E-state index contributed by atoms with van der Waals surface area (Å²) in [6.45, 7) is 1.84. The van der Waals surface area contributed by atoms with Gasteiger partial charge in [-0.25, -0.2) is 4.79 Å². The number of carbonyl (C=O) groups is 2. The lowest BCUT2D eigenvalue weighted by atomic mass is 10.1. The minimum atomic E-state index is -0.919. The van der Waals surface area contributed by atoms with E-state index in [1.54, 1.807) is 11.8 Å². The molecule has 5 nitrogen and oxygen atoms in total. The highest BCUT2D eigenvalue weighted by molar-refractivity contribution is 8.00. The third-order valence-corrected chi connectivity index (χ3v) is 4.82. The van der Waals surface area contributed by atoms with Crippen molar-refractivity contribution in [3.63, 3.8) is 0 Å². The maximum atomic E-state index is 12.2. The Balaban J connectivity index is 2.16. The topological polar surface area (TPSA) is 83.6 Å². The first-order valence-electron chi connectivity index (χ1n) is 5.98. The van der Waals surface area contributed by atoms with Gasteiger partial charge in [-0.1, -0.05) is 6.92 Å². The van der Waals surface area contributed by atoms with Crippen LogP contribution in [0, 0.1) is 5.92 Å². The van der Waals surface area contributed by atoms with Crippen molar-refractivity contribution in [2.75, 3.05) is 5.75 Å². The van der Waals surface area contributed by atoms with E-state index in [0.717, 1.165) is 12.8 Å². The summed E-state index contributed by atoms with van der Waals surface area (Å²) in [7, 11) is 0. The Morgan fingerprint density at radius 1 is 1.53 bits per heavy atom. The second-order valence-electron chi connectivity index (χ2n) is 4.68. The molecule has 1 saturated carbocycles. The molecule has 0 aromatic carbocycles. The maximum Gasteiger partial charge on any atom is 0.327 e. The highest BCUT2D eigenvalue weighted by atomic mass is 32.2. The van der Waals surface area contributed by atoms with Gasteiger partial charge >= 0.3 is 5.97 Å². The molecular weight excluding hydrogens is 240 g/mol. The summed E-state index contributed by atoms with van der Waals surface area (Å²) in [5, 5.41) is 9.19. The fraction of sp³-hybridized carbons (Fsp3) is 0.818. The number of aliphatic carboxylic acids is 1. The first-order valence-corrected chi connectivity index (χ1v) is 7.03. The number of carboxylic acid groups (broad SMARTS) is 1. The van der Waals surface area contributed by atoms with Gasteiger partial charge in [0.15, 0.2) is 0 Å². The van der Waals surface area contributed by atoms with Crippen LogP contribution in [0.25, 0.3) is 0 Å². The van der Waals surface area contributed by atoms with Crippen LogP contribution in [0.2, 0.25) is 0 Å². The van der Waals surface area contributed by atoms with Gasteiger partial charge in [0.05, 0.1) is 11.4 Å². The van der Waals surface area contributed by atoms with Gasteiger partial charge in [-0.3, -0.25) is 4.79 Å². The van der Waals surface area contributed by atoms with E-state index in [1.165, 1.54) is 4.90 Å². The lowest BCUT2D eigenvalue weighted by molar-refractivity contribution is -0.149. The van der Waals surface area contributed by atoms with Gasteiger partial charge in [0.1, 0.15) is 6.04 Å². The number of rotatable bonds is 4. The zero-order chi connectivity index (χ0) is 12.6. The summed E-state index contributed by atoms with van der Waals surface area (Å²) in [6.07, 6.45) is 2.73. The maximum absolute atomic E-state index is 12.2. The zero-order valence-electron chi connectivity index (χ0n) is 9.83. The van der Waals surface area contributed by atoms with Gasteiger partial charge in [0.25, 0.3) is 0 Å². The molecule has 1 amide bonds. The largest absolute Gasteiger partial charge is 0.480 e. The predicted octanol–water partition coefficient (Wildman–Crippen LogP) is 0.488. The smallest absolute Gasteiger partial charge is 0.327 e. The zero-order valence-corrected chi connectivity index (χ0v) is 10.7. The summed E-state index contributed by atoms with van der Waals surface area (Å²) in [5.74, 6) is -0.171. The number of carbonyl (C=O) groups excluding carboxylic acids is 1. The lowest BCUT2D eigenvalue weighted by Gasteiger charge is -2.29. The number of nitrogens with two attached hydrogens (primary N) is 1. The van der Waals surface area contributed by atoms with E-state index in [1.807, 2.05) is 6.92 Å². The van der Waals surface area contributed by atoms with Crippen LogP contribution in [0.4, 0.5) is 0 Å². The molecule has 3 N–H and O–H groups in total. The molecular formula is C11H18N2O3S. The van der Waals surface area contributed by atoms with Crippen molar-refractivity contribution in [3.05, 3.63) is 0 Å². The molecule has 0 aromatic heterocycles. The van der Waals surface area contributed by atoms with Crippen LogP contribution < -0.4 is 5.73 Å². The molecule has 0 spiro atoms. The molecule has 2 fully saturated rings. The van der Waals surface area contributed by atoms with Gasteiger partial charge in [-0.05, 0) is 25.2 Å². The van der Waals surface area contributed by atoms with Crippen molar-refractivity contribution in [3.8, 4) is 0 Å². The van der Waals surface area contributed by atoms with Crippen LogP contribution in [0.3, 0.4) is 0 Å². The fourth-order valence-corrected chi connectivity index (χ4v) is 3.75. The van der Waals surface area contributed by atoms with Crippen molar-refractivity contribution in [2.45, 2.75) is 43.6 Å². The number of hydrogen-bond acceptors (Lipinski definition) is 4. The summed E-state index contributed by atoms with van der Waals surface area (Å²) < 4.78 is 0. The second-order valence-corrected chi connectivity index (χ2v) is 5.83. The molecule has 1 saturated heterocycles. The third-order valence-electron chi connectivity index (χ3n) is 3.36. The minimum Gasteiger partial charge on any atom is -0.480 e. The summed E-state index contributed by atoms with van der Waals surface area (Å²) >= 11 is 1.58. The van der Waals surface area contributed by atoms with Crippen LogP contribution in [0.15, 0.2) is 0 Å². The van der Waals surface area contributed by atoms with Crippen molar-refractivity contribution < 1.29 is 14.7 Å². The molecule has 6 heteroatoms. The molecule has 96 valence electrons. The summed E-state index contributed by atoms with van der Waals surface area (Å²) in [5.41, 5.74) is 5.75. The van der Waals surface area contributed by atoms with Crippen molar-refractivity contribution >= 4 is 23.6 Å². The standard InChI is InChI=1S/C11H18N2O3S/c1-2-7(12)9(14)13-8(11(15)16)5-17-10(13)6-3-4-6/h6-8,10H,2-5,12H2,1H3,(H,15,16)/t7-,8?,10?/m0/s1. The van der Waals surface area contributed by atoms with Gasteiger partial charge < -0.3 is 15.7 Å². The van der Waals surface area contributed by atoms with E-state index in [4.69, 9.17) is 10.8 Å². The van der Waals surface area contributed by atoms with Crippen LogP contribution >= 0.6 is 11.8 Å². The first kappa shape index (κ1) is 12.7. The summed E-state index contributed by atoms with van der Waals surface area (Å²) in [4.78, 5) is 24.9. The number of nitrogens with zero attached hydrogens (tertiary/aromatic N) is 1. The molecule has 0 aromatic rings. The quantitative estimate of drug-likeness (QED) is 0.766. The Morgan fingerprint density at radius 2 is 2.18 bits per heavy atom. The number of carboxylic acids is 1. The highest BCUT2D eigenvalue weighted by Gasteiger charge is 2.48. The normalized spacial score (nSPS) is 30.4. The fourth-order valence-electron chi connectivity index (χ4n) is 2.11. The van der Waals surface area contributed by atoms with E-state index in [0.29, 0.717) is 18.1 Å². The molecule has 1 heterocycles. The molecule has 1 aliphatic carbocycles. The summed E-state index contributed by atoms with van der Waals surface area (Å²) in [6, 6.07) is -1.27. The SMILES string of the molecule is CC[C@H](N)C(=O)N1C(C(=O)O)CSC1C1CC1. The van der Waals surface area contributed by atoms with Gasteiger partial charge in [0, 0.05) is 5.75 Å². The number of thioether (sulfide) groups is 1. The van der Waals surface area contributed by atoms with Crippen molar-refractivity contribution in [1.82, 2.24) is 4.90 Å². The second kappa shape index (κ2) is 4.86. The van der Waals surface area contributed by atoms with Crippen LogP contribution in [-0.4, -0.2) is 45.1 Å². The predicted molar refractivity (Wildman–Crippen MR) is 65.5 cm³/mol. The third kappa shape index (κ3) is 2.42. The highest BCUT2D eigenvalue weighted by Crippen LogP contribution is 2.45. The Hall–Kier alpha value is -0.750. The molecule has 0 bridgehead atoms. The molecule has 17 heavy (non-hydrogen) atoms. The van der Waals surface area contributed by atoms with Crippen LogP contribution in [-0.2, 0) is 9.59 Å². The Labute approximate surface area is 105 Å². The molecule has 2 aliphatic rings. The van der Waals surface area contributed by atoms with E-state index >= 15 is 0 Å². The van der Waals surface area contributed by atoms with E-state index in [2.05, 4.69) is 0 Å². The first-order chi connectivity index (χ1) is 8.06. The molecule has 2 unspecified atom stereocenters. The van der Waals surface area contributed by atoms with Crippen molar-refractivity contribution in [1.29, 1.82) is 0 Å². The minimum absolute atomic E-state index is 0.0289. The molecule has 3 atom stereocenters. The van der Waals surface area contributed by atoms with Gasteiger partial charge in [0.2, 0.25) is 5.91 Å². The Bertz CT molecular complexity index is 333. The van der Waals surface area contributed by atoms with Crippen LogP contribution in [0.1, 0.15) is 26.2 Å². The van der Waals surface area contributed by atoms with E-state index in [9.17, 15) is 9.59 Å². The van der Waals surface area contributed by atoms with Crippen LogP contribution in [0.5, 0.6) is 0 Å². The lowest BCUT2D eigenvalue weighted by Crippen LogP contribution is -2.52. The van der Waals surface area contributed by atoms with Crippen molar-refractivity contribution in [2.24, 2.45) is 11.7 Å².